The highest BCUT2D eigenvalue weighted by atomic mass is 16.6. The molecule has 4 atom stereocenters. The number of aliphatic hydroxyl groups is 2. The number of fused-ring (bicyclic) bond motifs is 3. The van der Waals surface area contributed by atoms with Gasteiger partial charge in [0.2, 0.25) is 0 Å². The molecular weight excluding hydrogens is 306 g/mol. The normalized spacial score (nSPS) is 29.7. The molecular formula is C19H27NO4. The molecule has 1 aliphatic carbocycles. The summed E-state index contributed by atoms with van der Waals surface area (Å²) in [6.07, 6.45) is -1.08. The van der Waals surface area contributed by atoms with E-state index in [9.17, 15) is 15.0 Å². The number of ether oxygens (including phenoxy) is 1. The number of hydrogen-bond donors (Lipinski definition) is 2. The minimum Gasteiger partial charge on any atom is -0.444 e. The van der Waals surface area contributed by atoms with Gasteiger partial charge in [-0.15, -0.1) is 0 Å². The van der Waals surface area contributed by atoms with Gasteiger partial charge in [0, 0.05) is 18.5 Å². The Balaban J connectivity index is 1.96. The highest BCUT2D eigenvalue weighted by molar-refractivity contribution is 5.69. The van der Waals surface area contributed by atoms with Crippen LogP contribution in [0, 0.1) is 6.92 Å². The molecule has 24 heavy (non-hydrogen) atoms. The van der Waals surface area contributed by atoms with Crippen LogP contribution in [0.5, 0.6) is 0 Å². The first kappa shape index (κ1) is 17.2. The summed E-state index contributed by atoms with van der Waals surface area (Å²) in [6, 6.07) is 6.09. The molecule has 1 heterocycles. The number of carbonyl (C=O) groups is 1. The van der Waals surface area contributed by atoms with Crippen LogP contribution < -0.4 is 0 Å². The highest BCUT2D eigenvalue weighted by Crippen LogP contribution is 2.43. The Morgan fingerprint density at radius 1 is 1.21 bits per heavy atom. The number of nitrogens with zero attached hydrogens (tertiary/aromatic N) is 1. The standard InChI is InChI=1S/C19H27NO4/c1-11-5-6-12-10-20(18(23)24-19(2,3)4)15-9-17(22)16(21)8-14(15)13(12)7-11/h5-7,14-17,21-22H,8-10H2,1-4H3/t14-,15-,16+,17-/m0/s1. The van der Waals surface area contributed by atoms with Crippen LogP contribution in [0.15, 0.2) is 18.2 Å². The average molecular weight is 333 g/mol. The number of carbonyl (C=O) groups excluding carboxylic acids is 1. The van der Waals surface area contributed by atoms with Crippen molar-refractivity contribution in [1.29, 1.82) is 0 Å². The molecule has 0 spiro atoms. The third-order valence-corrected chi connectivity index (χ3v) is 4.96. The van der Waals surface area contributed by atoms with Crippen molar-refractivity contribution in [3.8, 4) is 0 Å². The molecule has 1 saturated carbocycles. The summed E-state index contributed by atoms with van der Waals surface area (Å²) in [4.78, 5) is 14.4. The van der Waals surface area contributed by atoms with Gasteiger partial charge in [0.25, 0.3) is 0 Å². The van der Waals surface area contributed by atoms with Gasteiger partial charge in [-0.2, -0.15) is 0 Å². The second kappa shape index (κ2) is 6.05. The molecule has 0 aromatic heterocycles. The van der Waals surface area contributed by atoms with Crippen LogP contribution in [0.4, 0.5) is 4.79 Å². The maximum Gasteiger partial charge on any atom is 0.410 e. The van der Waals surface area contributed by atoms with E-state index in [4.69, 9.17) is 4.74 Å². The summed E-state index contributed by atoms with van der Waals surface area (Å²) in [5.41, 5.74) is 2.88. The predicted molar refractivity (Wildman–Crippen MR) is 90.7 cm³/mol. The van der Waals surface area contributed by atoms with Crippen molar-refractivity contribution in [3.05, 3.63) is 34.9 Å². The molecule has 1 fully saturated rings. The summed E-state index contributed by atoms with van der Waals surface area (Å²) < 4.78 is 5.57. The largest absolute Gasteiger partial charge is 0.444 e. The Morgan fingerprint density at radius 3 is 2.54 bits per heavy atom. The molecule has 3 rings (SSSR count). The van der Waals surface area contributed by atoms with Crippen molar-refractivity contribution in [2.45, 2.75) is 76.9 Å². The lowest BCUT2D eigenvalue weighted by Crippen LogP contribution is -2.54. The smallest absolute Gasteiger partial charge is 0.410 e. The molecule has 2 N–H and O–H groups in total. The topological polar surface area (TPSA) is 70.0 Å². The Kier molecular flexibility index (Phi) is 4.34. The third-order valence-electron chi connectivity index (χ3n) is 4.96. The number of benzene rings is 1. The first-order valence-corrected chi connectivity index (χ1v) is 8.61. The molecule has 1 aliphatic heterocycles. The lowest BCUT2D eigenvalue weighted by Gasteiger charge is -2.47. The van der Waals surface area contributed by atoms with Gasteiger partial charge in [-0.1, -0.05) is 23.8 Å². The molecule has 0 saturated heterocycles. The van der Waals surface area contributed by atoms with E-state index in [-0.39, 0.29) is 18.1 Å². The Labute approximate surface area is 143 Å². The van der Waals surface area contributed by atoms with E-state index >= 15 is 0 Å². The molecule has 5 heteroatoms. The van der Waals surface area contributed by atoms with E-state index in [2.05, 4.69) is 12.1 Å². The minimum atomic E-state index is -0.803. The SMILES string of the molecule is Cc1ccc2c(c1)[C@@H]1C[C@@H](O)[C@@H](O)C[C@@H]1N(C(=O)OC(C)(C)C)C2. The molecule has 0 bridgehead atoms. The van der Waals surface area contributed by atoms with Crippen LogP contribution in [0.1, 0.15) is 56.2 Å². The highest BCUT2D eigenvalue weighted by Gasteiger charge is 2.45. The zero-order chi connectivity index (χ0) is 17.6. The molecule has 0 unspecified atom stereocenters. The summed E-state index contributed by atoms with van der Waals surface area (Å²) in [7, 11) is 0. The summed E-state index contributed by atoms with van der Waals surface area (Å²) in [5.74, 6) is 0.0274. The first-order chi connectivity index (χ1) is 11.2. The third kappa shape index (κ3) is 3.28. The van der Waals surface area contributed by atoms with Gasteiger partial charge in [-0.3, -0.25) is 0 Å². The predicted octanol–water partition coefficient (Wildman–Crippen LogP) is 2.71. The van der Waals surface area contributed by atoms with Crippen LogP contribution >= 0.6 is 0 Å². The molecule has 132 valence electrons. The fourth-order valence-electron chi connectivity index (χ4n) is 3.85. The Morgan fingerprint density at radius 2 is 1.88 bits per heavy atom. The van der Waals surface area contributed by atoms with Gasteiger partial charge in [-0.25, -0.2) is 4.79 Å². The van der Waals surface area contributed by atoms with E-state index in [0.717, 1.165) is 5.56 Å². The lowest BCUT2D eigenvalue weighted by molar-refractivity contribution is -0.0570. The zero-order valence-electron chi connectivity index (χ0n) is 14.8. The average Bonchev–Trinajstić information content (AvgIpc) is 2.46. The van der Waals surface area contributed by atoms with E-state index in [1.165, 1.54) is 11.1 Å². The lowest BCUT2D eigenvalue weighted by atomic mass is 9.72. The zero-order valence-corrected chi connectivity index (χ0v) is 14.8. The molecule has 1 aromatic rings. The van der Waals surface area contributed by atoms with Crippen molar-refractivity contribution in [3.63, 3.8) is 0 Å². The Hall–Kier alpha value is -1.59. The van der Waals surface area contributed by atoms with Gasteiger partial charge in [0.15, 0.2) is 0 Å². The number of amides is 1. The molecule has 1 aromatic carbocycles. The van der Waals surface area contributed by atoms with Crippen LogP contribution in [0.3, 0.4) is 0 Å². The quantitative estimate of drug-likeness (QED) is 0.766. The van der Waals surface area contributed by atoms with Crippen molar-refractivity contribution >= 4 is 6.09 Å². The second-order valence-corrected chi connectivity index (χ2v) is 8.09. The molecule has 2 aliphatic rings. The van der Waals surface area contributed by atoms with E-state index in [0.29, 0.717) is 19.4 Å². The van der Waals surface area contributed by atoms with Crippen molar-refractivity contribution in [1.82, 2.24) is 4.90 Å². The van der Waals surface area contributed by atoms with Gasteiger partial charge in [-0.05, 0) is 51.7 Å². The number of hydrogen-bond acceptors (Lipinski definition) is 4. The summed E-state index contributed by atoms with van der Waals surface area (Å²) in [6.45, 7) is 8.08. The first-order valence-electron chi connectivity index (χ1n) is 8.61. The van der Waals surface area contributed by atoms with Crippen molar-refractivity contribution in [2.24, 2.45) is 0 Å². The van der Waals surface area contributed by atoms with Gasteiger partial charge < -0.3 is 19.8 Å². The van der Waals surface area contributed by atoms with E-state index in [1.54, 1.807) is 4.90 Å². The number of aliphatic hydroxyl groups excluding tert-OH is 2. The van der Waals surface area contributed by atoms with Crippen LogP contribution in [0.2, 0.25) is 0 Å². The molecule has 5 nitrogen and oxygen atoms in total. The van der Waals surface area contributed by atoms with Crippen LogP contribution in [-0.2, 0) is 11.3 Å². The second-order valence-electron chi connectivity index (χ2n) is 8.09. The van der Waals surface area contributed by atoms with Gasteiger partial charge in [0.1, 0.15) is 5.60 Å². The monoisotopic (exact) mass is 333 g/mol. The molecule has 1 amide bonds. The van der Waals surface area contributed by atoms with E-state index in [1.807, 2.05) is 33.8 Å². The summed E-state index contributed by atoms with van der Waals surface area (Å²) in [5, 5.41) is 20.3. The summed E-state index contributed by atoms with van der Waals surface area (Å²) >= 11 is 0. The Bertz CT molecular complexity index is 637. The maximum atomic E-state index is 12.7. The van der Waals surface area contributed by atoms with E-state index < -0.39 is 17.8 Å². The van der Waals surface area contributed by atoms with Crippen molar-refractivity contribution < 1.29 is 19.7 Å². The van der Waals surface area contributed by atoms with Crippen LogP contribution in [0.25, 0.3) is 0 Å². The molecule has 0 radical (unpaired) electrons. The van der Waals surface area contributed by atoms with Crippen LogP contribution in [-0.4, -0.2) is 45.1 Å². The number of rotatable bonds is 0. The van der Waals surface area contributed by atoms with Gasteiger partial charge in [0.05, 0.1) is 12.2 Å². The van der Waals surface area contributed by atoms with Gasteiger partial charge >= 0.3 is 6.09 Å². The fourth-order valence-corrected chi connectivity index (χ4v) is 3.85. The minimum absolute atomic E-state index is 0.0274. The number of aryl methyl sites for hydroxylation is 1. The maximum absolute atomic E-state index is 12.7. The van der Waals surface area contributed by atoms with Crippen molar-refractivity contribution in [2.75, 3.05) is 0 Å². The fraction of sp³-hybridized carbons (Fsp3) is 0.632.